The second-order valence-corrected chi connectivity index (χ2v) is 3.57. The molecule has 0 spiro atoms. The lowest BCUT2D eigenvalue weighted by Gasteiger charge is -2.10. The van der Waals surface area contributed by atoms with Crippen LogP contribution >= 0.6 is 0 Å². The fourth-order valence-electron chi connectivity index (χ4n) is 1.03. The highest BCUT2D eigenvalue weighted by molar-refractivity contribution is 5.39. The molecule has 0 aliphatic rings. The Kier molecular flexibility index (Phi) is 3.83. The van der Waals surface area contributed by atoms with Crippen LogP contribution in [0.2, 0.25) is 0 Å². The van der Waals surface area contributed by atoms with Crippen LogP contribution in [0.25, 0.3) is 0 Å². The summed E-state index contributed by atoms with van der Waals surface area (Å²) in [6, 6.07) is 1.47. The number of nitrogens with one attached hydrogen (secondary N) is 1. The van der Waals surface area contributed by atoms with Crippen LogP contribution in [0, 0.1) is 11.7 Å². The van der Waals surface area contributed by atoms with Crippen molar-refractivity contribution in [3.63, 3.8) is 0 Å². The third-order valence-corrected chi connectivity index (χ3v) is 1.82. The second kappa shape index (κ2) is 4.91. The van der Waals surface area contributed by atoms with E-state index in [1.807, 2.05) is 13.8 Å². The van der Waals surface area contributed by atoms with Crippen molar-refractivity contribution in [1.29, 1.82) is 0 Å². The van der Waals surface area contributed by atoms with Gasteiger partial charge in [-0.05, 0) is 12.0 Å². The van der Waals surface area contributed by atoms with Gasteiger partial charge in [0.25, 0.3) is 0 Å². The number of anilines is 1. The van der Waals surface area contributed by atoms with Crippen molar-refractivity contribution in [2.24, 2.45) is 5.92 Å². The first-order chi connectivity index (χ1) is 6.65. The first kappa shape index (κ1) is 10.9. The maximum absolute atomic E-state index is 13.4. The zero-order valence-electron chi connectivity index (χ0n) is 8.42. The van der Waals surface area contributed by atoms with Gasteiger partial charge in [0.2, 0.25) is 0 Å². The van der Waals surface area contributed by atoms with Gasteiger partial charge < -0.3 is 10.4 Å². The molecule has 78 valence electrons. The molecule has 1 aromatic heterocycles. The van der Waals surface area contributed by atoms with Crippen molar-refractivity contribution in [2.75, 3.05) is 11.9 Å². The zero-order chi connectivity index (χ0) is 10.6. The van der Waals surface area contributed by atoms with E-state index in [2.05, 4.69) is 10.3 Å². The first-order valence-corrected chi connectivity index (χ1v) is 4.63. The van der Waals surface area contributed by atoms with E-state index >= 15 is 0 Å². The monoisotopic (exact) mass is 198 g/mol. The van der Waals surface area contributed by atoms with E-state index in [4.69, 9.17) is 5.11 Å². The molecule has 0 aromatic carbocycles. The summed E-state index contributed by atoms with van der Waals surface area (Å²) in [7, 11) is 0. The summed E-state index contributed by atoms with van der Waals surface area (Å²) < 4.78 is 13.4. The van der Waals surface area contributed by atoms with Crippen molar-refractivity contribution in [1.82, 2.24) is 4.98 Å². The molecule has 0 bridgehead atoms. The highest BCUT2D eigenvalue weighted by atomic mass is 19.1. The SMILES string of the molecule is CC(C)CNc1nccc(CO)c1F. The van der Waals surface area contributed by atoms with Gasteiger partial charge in [-0.15, -0.1) is 0 Å². The summed E-state index contributed by atoms with van der Waals surface area (Å²) in [4.78, 5) is 3.86. The molecular formula is C10H15FN2O. The number of aliphatic hydroxyl groups is 1. The number of rotatable bonds is 4. The predicted octanol–water partition coefficient (Wildman–Crippen LogP) is 1.78. The standard InChI is InChI=1S/C10H15FN2O/c1-7(2)5-13-10-9(11)8(6-14)3-4-12-10/h3-4,7,14H,5-6H2,1-2H3,(H,12,13). The van der Waals surface area contributed by atoms with Crippen molar-refractivity contribution in [3.8, 4) is 0 Å². The average molecular weight is 198 g/mol. The molecular weight excluding hydrogens is 183 g/mol. The summed E-state index contributed by atoms with van der Waals surface area (Å²) in [5.41, 5.74) is 0.270. The molecule has 14 heavy (non-hydrogen) atoms. The van der Waals surface area contributed by atoms with Crippen molar-refractivity contribution >= 4 is 5.82 Å². The van der Waals surface area contributed by atoms with E-state index in [0.717, 1.165) is 0 Å². The van der Waals surface area contributed by atoms with E-state index in [-0.39, 0.29) is 18.0 Å². The van der Waals surface area contributed by atoms with Crippen molar-refractivity contribution in [2.45, 2.75) is 20.5 Å². The highest BCUT2D eigenvalue weighted by Gasteiger charge is 2.08. The summed E-state index contributed by atoms with van der Waals surface area (Å²) in [5.74, 6) is 0.176. The number of halogens is 1. The summed E-state index contributed by atoms with van der Waals surface area (Å²) in [5, 5.41) is 11.7. The topological polar surface area (TPSA) is 45.2 Å². The molecule has 0 aliphatic heterocycles. The minimum Gasteiger partial charge on any atom is -0.392 e. The summed E-state index contributed by atoms with van der Waals surface area (Å²) in [6.07, 6.45) is 1.48. The Morgan fingerprint density at radius 2 is 2.29 bits per heavy atom. The highest BCUT2D eigenvalue weighted by Crippen LogP contribution is 2.15. The van der Waals surface area contributed by atoms with E-state index in [1.54, 1.807) is 0 Å². The number of hydrogen-bond acceptors (Lipinski definition) is 3. The van der Waals surface area contributed by atoms with Gasteiger partial charge in [-0.2, -0.15) is 0 Å². The molecule has 0 atom stereocenters. The molecule has 1 heterocycles. The van der Waals surface area contributed by atoms with Gasteiger partial charge in [0, 0.05) is 18.3 Å². The molecule has 3 nitrogen and oxygen atoms in total. The van der Waals surface area contributed by atoms with Crippen LogP contribution in [0.3, 0.4) is 0 Å². The number of pyridine rings is 1. The number of nitrogens with zero attached hydrogens (tertiary/aromatic N) is 1. The Hall–Kier alpha value is -1.16. The molecule has 1 aromatic rings. The molecule has 2 N–H and O–H groups in total. The predicted molar refractivity (Wildman–Crippen MR) is 53.4 cm³/mol. The van der Waals surface area contributed by atoms with Crippen molar-refractivity contribution < 1.29 is 9.50 Å². The van der Waals surface area contributed by atoms with Gasteiger partial charge >= 0.3 is 0 Å². The van der Waals surface area contributed by atoms with Gasteiger partial charge in [-0.1, -0.05) is 13.8 Å². The Morgan fingerprint density at radius 3 is 2.86 bits per heavy atom. The van der Waals surface area contributed by atoms with E-state index < -0.39 is 5.82 Å². The second-order valence-electron chi connectivity index (χ2n) is 3.57. The Morgan fingerprint density at radius 1 is 1.57 bits per heavy atom. The van der Waals surface area contributed by atoms with Crippen LogP contribution in [-0.4, -0.2) is 16.6 Å². The Balaban J connectivity index is 2.76. The maximum Gasteiger partial charge on any atom is 0.170 e. The molecule has 0 saturated carbocycles. The summed E-state index contributed by atoms with van der Waals surface area (Å²) in [6.45, 7) is 4.42. The third kappa shape index (κ3) is 2.67. The van der Waals surface area contributed by atoms with Crippen LogP contribution in [-0.2, 0) is 6.61 Å². The number of hydrogen-bond donors (Lipinski definition) is 2. The zero-order valence-corrected chi connectivity index (χ0v) is 8.42. The minimum atomic E-state index is -0.462. The van der Waals surface area contributed by atoms with E-state index in [1.165, 1.54) is 12.3 Å². The molecule has 0 radical (unpaired) electrons. The molecule has 0 fully saturated rings. The fourth-order valence-corrected chi connectivity index (χ4v) is 1.03. The lowest BCUT2D eigenvalue weighted by molar-refractivity contribution is 0.275. The summed E-state index contributed by atoms with van der Waals surface area (Å²) >= 11 is 0. The quantitative estimate of drug-likeness (QED) is 0.775. The molecule has 4 heteroatoms. The van der Waals surface area contributed by atoms with Gasteiger partial charge in [0.1, 0.15) is 0 Å². The smallest absolute Gasteiger partial charge is 0.170 e. The largest absolute Gasteiger partial charge is 0.392 e. The van der Waals surface area contributed by atoms with Crippen LogP contribution in [0.1, 0.15) is 19.4 Å². The van der Waals surface area contributed by atoms with E-state index in [0.29, 0.717) is 12.5 Å². The normalized spacial score (nSPS) is 10.6. The van der Waals surface area contributed by atoms with Crippen molar-refractivity contribution in [3.05, 3.63) is 23.6 Å². The van der Waals surface area contributed by atoms with Crippen LogP contribution < -0.4 is 5.32 Å². The first-order valence-electron chi connectivity index (χ1n) is 4.63. The number of aromatic nitrogens is 1. The lowest BCUT2D eigenvalue weighted by Crippen LogP contribution is -2.11. The van der Waals surface area contributed by atoms with E-state index in [9.17, 15) is 4.39 Å². The van der Waals surface area contributed by atoms with Gasteiger partial charge in [-0.3, -0.25) is 0 Å². The number of aliphatic hydroxyl groups excluding tert-OH is 1. The van der Waals surface area contributed by atoms with Gasteiger partial charge in [-0.25, -0.2) is 9.37 Å². The molecule has 0 saturated heterocycles. The van der Waals surface area contributed by atoms with Gasteiger partial charge in [0.15, 0.2) is 11.6 Å². The third-order valence-electron chi connectivity index (χ3n) is 1.82. The van der Waals surface area contributed by atoms with Crippen LogP contribution in [0.15, 0.2) is 12.3 Å². The molecule has 1 rings (SSSR count). The molecule has 0 unspecified atom stereocenters. The van der Waals surface area contributed by atoms with Crippen LogP contribution in [0.4, 0.5) is 10.2 Å². The Bertz CT molecular complexity index is 302. The molecule has 0 amide bonds. The molecule has 0 aliphatic carbocycles. The average Bonchev–Trinajstić information content (AvgIpc) is 2.16. The fraction of sp³-hybridized carbons (Fsp3) is 0.500. The minimum absolute atomic E-state index is 0.213. The van der Waals surface area contributed by atoms with Gasteiger partial charge in [0.05, 0.1) is 6.61 Å². The lowest BCUT2D eigenvalue weighted by atomic mass is 10.2. The maximum atomic E-state index is 13.4. The van der Waals surface area contributed by atoms with Crippen LogP contribution in [0.5, 0.6) is 0 Å². The Labute approximate surface area is 83.0 Å².